The van der Waals surface area contributed by atoms with Gasteiger partial charge in [0, 0.05) is 6.04 Å². The Morgan fingerprint density at radius 2 is 1.90 bits per heavy atom. The quantitative estimate of drug-likeness (QED) is 0.498. The highest BCUT2D eigenvalue weighted by molar-refractivity contribution is 5.70. The van der Waals surface area contributed by atoms with Gasteiger partial charge in [-0.2, -0.15) is 0 Å². The second-order valence-electron chi connectivity index (χ2n) is 2.48. The van der Waals surface area contributed by atoms with Gasteiger partial charge in [-0.1, -0.05) is 0 Å². The fourth-order valence-electron chi connectivity index (χ4n) is 0.601. The second kappa shape index (κ2) is 3.53. The summed E-state index contributed by atoms with van der Waals surface area (Å²) in [5.74, 6) is -1.81. The van der Waals surface area contributed by atoms with Crippen molar-refractivity contribution in [2.24, 2.45) is 11.7 Å². The molecule has 3 unspecified atom stereocenters. The Morgan fingerprint density at radius 1 is 1.50 bits per heavy atom. The Morgan fingerprint density at radius 3 is 2.00 bits per heavy atom. The fourth-order valence-corrected chi connectivity index (χ4v) is 0.601. The lowest BCUT2D eigenvalue weighted by atomic mass is 10.0. The van der Waals surface area contributed by atoms with E-state index >= 15 is 0 Å². The molecule has 0 heterocycles. The zero-order chi connectivity index (χ0) is 8.31. The minimum atomic E-state index is -1.02. The van der Waals surface area contributed by atoms with Gasteiger partial charge in [0.2, 0.25) is 0 Å². The van der Waals surface area contributed by atoms with Crippen molar-refractivity contribution >= 4 is 5.97 Å². The molecule has 0 aliphatic carbocycles. The first-order chi connectivity index (χ1) is 4.46. The van der Waals surface area contributed by atoms with Crippen molar-refractivity contribution in [3.05, 3.63) is 0 Å². The smallest absolute Gasteiger partial charge is 0.308 e. The van der Waals surface area contributed by atoms with E-state index < -0.39 is 24.0 Å². The highest BCUT2D eigenvalue weighted by Gasteiger charge is 2.23. The molecule has 0 saturated carbocycles. The molecule has 0 spiro atoms. The minimum absolute atomic E-state index is 0.494. The molecule has 4 heteroatoms. The predicted molar refractivity (Wildman–Crippen MR) is 36.5 cm³/mol. The lowest BCUT2D eigenvalue weighted by Gasteiger charge is -2.17. The van der Waals surface area contributed by atoms with Gasteiger partial charge in [-0.3, -0.25) is 4.79 Å². The molecule has 0 aromatic rings. The Bertz CT molecular complexity index is 124. The van der Waals surface area contributed by atoms with Crippen LogP contribution in [0, 0.1) is 5.92 Å². The van der Waals surface area contributed by atoms with Gasteiger partial charge in [0.25, 0.3) is 0 Å². The van der Waals surface area contributed by atoms with Crippen LogP contribution in [0.4, 0.5) is 0 Å². The van der Waals surface area contributed by atoms with E-state index in [9.17, 15) is 4.79 Å². The zero-order valence-electron chi connectivity index (χ0n) is 6.11. The average molecular weight is 147 g/mol. The Labute approximate surface area is 59.7 Å². The normalized spacial score (nSPS) is 19.6. The number of aliphatic carboxylic acids is 1. The van der Waals surface area contributed by atoms with Gasteiger partial charge in [0.15, 0.2) is 0 Å². The summed E-state index contributed by atoms with van der Waals surface area (Å²) < 4.78 is 0. The monoisotopic (exact) mass is 147 g/mol. The minimum Gasteiger partial charge on any atom is -0.481 e. The Balaban J connectivity index is 3.94. The highest BCUT2D eigenvalue weighted by atomic mass is 16.4. The van der Waals surface area contributed by atoms with Crippen LogP contribution in [0.5, 0.6) is 0 Å². The van der Waals surface area contributed by atoms with Crippen LogP contribution in [-0.4, -0.2) is 28.3 Å². The lowest BCUT2D eigenvalue weighted by molar-refractivity contribution is -0.145. The number of hydrogen-bond acceptors (Lipinski definition) is 3. The maximum Gasteiger partial charge on any atom is 0.308 e. The van der Waals surface area contributed by atoms with E-state index in [0.717, 1.165) is 0 Å². The first-order valence-electron chi connectivity index (χ1n) is 3.13. The number of aliphatic hydroxyl groups is 1. The first kappa shape index (κ1) is 9.39. The number of aliphatic hydroxyl groups excluding tert-OH is 1. The van der Waals surface area contributed by atoms with Crippen LogP contribution in [0.2, 0.25) is 0 Å². The Kier molecular flexibility index (Phi) is 3.32. The molecule has 0 fully saturated rings. The molecule has 0 radical (unpaired) electrons. The zero-order valence-corrected chi connectivity index (χ0v) is 6.11. The molecule has 0 aromatic carbocycles. The maximum absolute atomic E-state index is 10.2. The van der Waals surface area contributed by atoms with E-state index in [1.165, 1.54) is 6.92 Å². The average Bonchev–Trinajstić information content (AvgIpc) is 1.84. The highest BCUT2D eigenvalue weighted by Crippen LogP contribution is 2.05. The first-order valence-corrected chi connectivity index (χ1v) is 3.13. The second-order valence-corrected chi connectivity index (χ2v) is 2.48. The molecule has 4 N–H and O–H groups in total. The van der Waals surface area contributed by atoms with Gasteiger partial charge >= 0.3 is 5.97 Å². The van der Waals surface area contributed by atoms with Gasteiger partial charge in [-0.05, 0) is 13.8 Å². The van der Waals surface area contributed by atoms with Crippen molar-refractivity contribution in [1.29, 1.82) is 0 Å². The van der Waals surface area contributed by atoms with E-state index in [0.29, 0.717) is 0 Å². The van der Waals surface area contributed by atoms with Crippen molar-refractivity contribution in [2.45, 2.75) is 26.0 Å². The van der Waals surface area contributed by atoms with Crippen molar-refractivity contribution < 1.29 is 15.0 Å². The Hall–Kier alpha value is -0.610. The van der Waals surface area contributed by atoms with Crippen molar-refractivity contribution in [2.75, 3.05) is 0 Å². The summed E-state index contributed by atoms with van der Waals surface area (Å²) in [7, 11) is 0. The predicted octanol–water partition coefficient (Wildman–Crippen LogP) is -0.585. The van der Waals surface area contributed by atoms with Crippen LogP contribution in [0.15, 0.2) is 0 Å². The molecule has 0 aromatic heterocycles. The van der Waals surface area contributed by atoms with Crippen LogP contribution in [0.1, 0.15) is 13.8 Å². The largest absolute Gasteiger partial charge is 0.481 e. The van der Waals surface area contributed by atoms with Crippen LogP contribution in [0.3, 0.4) is 0 Å². The molecule has 3 atom stereocenters. The van der Waals surface area contributed by atoms with Gasteiger partial charge < -0.3 is 15.9 Å². The van der Waals surface area contributed by atoms with Gasteiger partial charge in [-0.25, -0.2) is 0 Å². The number of hydrogen-bond donors (Lipinski definition) is 3. The van der Waals surface area contributed by atoms with E-state index in [2.05, 4.69) is 0 Å². The summed E-state index contributed by atoms with van der Waals surface area (Å²) >= 11 is 0. The van der Waals surface area contributed by atoms with Crippen molar-refractivity contribution in [3.8, 4) is 0 Å². The molecule has 0 bridgehead atoms. The van der Waals surface area contributed by atoms with Gasteiger partial charge in [0.05, 0.1) is 12.0 Å². The standard InChI is InChI=1S/C6H13NO3/c1-3(6(9)10)5(8)4(2)7/h3-5,8H,7H2,1-2H3,(H,9,10). The van der Waals surface area contributed by atoms with Crippen LogP contribution < -0.4 is 5.73 Å². The lowest BCUT2D eigenvalue weighted by Crippen LogP contribution is -2.39. The molecule has 10 heavy (non-hydrogen) atoms. The maximum atomic E-state index is 10.2. The SMILES string of the molecule is CC(N)C(O)C(C)C(=O)O. The van der Waals surface area contributed by atoms with Crippen molar-refractivity contribution in [3.63, 3.8) is 0 Å². The summed E-state index contributed by atoms with van der Waals surface area (Å²) in [5.41, 5.74) is 5.26. The molecule has 0 saturated heterocycles. The molecule has 60 valence electrons. The number of carbonyl (C=O) groups is 1. The summed E-state index contributed by atoms with van der Waals surface area (Å²) in [6.07, 6.45) is -0.961. The third-order valence-corrected chi connectivity index (χ3v) is 1.44. The number of nitrogens with two attached hydrogens (primary N) is 1. The molecule has 4 nitrogen and oxygen atoms in total. The van der Waals surface area contributed by atoms with E-state index in [4.69, 9.17) is 15.9 Å². The van der Waals surface area contributed by atoms with Crippen LogP contribution >= 0.6 is 0 Å². The molecule has 0 rings (SSSR count). The third-order valence-electron chi connectivity index (χ3n) is 1.44. The third kappa shape index (κ3) is 2.33. The van der Waals surface area contributed by atoms with Gasteiger partial charge in [-0.15, -0.1) is 0 Å². The number of carboxylic acids is 1. The van der Waals surface area contributed by atoms with E-state index in [1.54, 1.807) is 6.92 Å². The topological polar surface area (TPSA) is 83.5 Å². The summed E-state index contributed by atoms with van der Waals surface area (Å²) in [4.78, 5) is 10.2. The van der Waals surface area contributed by atoms with Crippen LogP contribution in [0.25, 0.3) is 0 Å². The summed E-state index contributed by atoms with van der Waals surface area (Å²) in [6.45, 7) is 3.00. The fraction of sp³-hybridized carbons (Fsp3) is 0.833. The molecular weight excluding hydrogens is 134 g/mol. The van der Waals surface area contributed by atoms with E-state index in [1.807, 2.05) is 0 Å². The van der Waals surface area contributed by atoms with Gasteiger partial charge in [0.1, 0.15) is 0 Å². The van der Waals surface area contributed by atoms with Crippen molar-refractivity contribution in [1.82, 2.24) is 0 Å². The molecule has 0 aliphatic rings. The summed E-state index contributed by atoms with van der Waals surface area (Å²) in [5, 5.41) is 17.4. The summed E-state index contributed by atoms with van der Waals surface area (Å²) in [6, 6.07) is -0.494. The number of carboxylic acid groups (broad SMARTS) is 1. The number of rotatable bonds is 3. The molecule has 0 aliphatic heterocycles. The van der Waals surface area contributed by atoms with E-state index in [-0.39, 0.29) is 0 Å². The van der Waals surface area contributed by atoms with Crippen LogP contribution in [-0.2, 0) is 4.79 Å². The molecular formula is C6H13NO3. The molecule has 0 amide bonds.